The molecule has 0 bridgehead atoms. The highest BCUT2D eigenvalue weighted by Crippen LogP contribution is 2.36. The van der Waals surface area contributed by atoms with Crippen molar-refractivity contribution in [3.63, 3.8) is 0 Å². The fourth-order valence-corrected chi connectivity index (χ4v) is 4.38. The summed E-state index contributed by atoms with van der Waals surface area (Å²) in [5.74, 6) is 0. The second-order valence-corrected chi connectivity index (χ2v) is 8.78. The van der Waals surface area contributed by atoms with E-state index < -0.39 is 27.1 Å². The summed E-state index contributed by atoms with van der Waals surface area (Å²) in [6, 6.07) is 7.22. The van der Waals surface area contributed by atoms with Crippen molar-refractivity contribution in [3.8, 4) is 23.5 Å². The van der Waals surface area contributed by atoms with Crippen LogP contribution in [0.3, 0.4) is 0 Å². The summed E-state index contributed by atoms with van der Waals surface area (Å²) < 4.78 is 66.2. The van der Waals surface area contributed by atoms with Gasteiger partial charge in [0.15, 0.2) is 0 Å². The lowest BCUT2D eigenvalue weighted by Crippen LogP contribution is -2.42. The van der Waals surface area contributed by atoms with E-state index >= 15 is 0 Å². The Balaban J connectivity index is 1.84. The molecule has 1 N–H and O–H groups in total. The van der Waals surface area contributed by atoms with Crippen LogP contribution >= 0.6 is 0 Å². The zero-order valence-electron chi connectivity index (χ0n) is 16.8. The molecule has 33 heavy (non-hydrogen) atoms. The third kappa shape index (κ3) is 3.86. The van der Waals surface area contributed by atoms with Crippen molar-refractivity contribution in [2.75, 3.05) is 0 Å². The topological polar surface area (TPSA) is 124 Å². The Morgan fingerprint density at radius 1 is 1.15 bits per heavy atom. The molecular weight excluding hydrogens is 457 g/mol. The molecule has 0 saturated heterocycles. The summed E-state index contributed by atoms with van der Waals surface area (Å²) in [5, 5.41) is 19.5. The first kappa shape index (κ1) is 22.2. The maximum absolute atomic E-state index is 12.8. The highest BCUT2D eigenvalue weighted by Gasteiger charge is 2.39. The molecule has 1 aliphatic rings. The fourth-order valence-electron chi connectivity index (χ4n) is 3.21. The molecule has 0 aromatic carbocycles. The zero-order chi connectivity index (χ0) is 24.0. The van der Waals surface area contributed by atoms with Crippen molar-refractivity contribution in [3.05, 3.63) is 59.9 Å². The van der Waals surface area contributed by atoms with Crippen LogP contribution in [0.2, 0.25) is 0 Å². The van der Waals surface area contributed by atoms with E-state index in [2.05, 4.69) is 16.0 Å². The van der Waals surface area contributed by atoms with Gasteiger partial charge >= 0.3 is 6.18 Å². The Morgan fingerprint density at radius 3 is 2.39 bits per heavy atom. The summed E-state index contributed by atoms with van der Waals surface area (Å²) in [6.07, 6.45) is 1.45. The van der Waals surface area contributed by atoms with E-state index in [1.165, 1.54) is 12.1 Å². The van der Waals surface area contributed by atoms with Gasteiger partial charge in [-0.05, 0) is 43.3 Å². The monoisotopic (exact) mass is 470 g/mol. The minimum Gasteiger partial charge on any atom is -0.291 e. The van der Waals surface area contributed by atoms with Crippen LogP contribution in [-0.4, -0.2) is 35.2 Å². The third-order valence-corrected chi connectivity index (χ3v) is 6.47. The van der Waals surface area contributed by atoms with E-state index in [1.807, 2.05) is 6.07 Å². The van der Waals surface area contributed by atoms with Gasteiger partial charge in [0.05, 0.1) is 17.0 Å². The molecule has 0 radical (unpaired) electrons. The summed E-state index contributed by atoms with van der Waals surface area (Å²) >= 11 is 0. The predicted molar refractivity (Wildman–Crippen MR) is 112 cm³/mol. The largest absolute Gasteiger partial charge is 0.404 e. The zero-order valence-corrected chi connectivity index (χ0v) is 17.6. The first-order valence-electron chi connectivity index (χ1n) is 9.36. The van der Waals surface area contributed by atoms with Crippen LogP contribution in [-0.2, 0) is 10.0 Å². The van der Waals surface area contributed by atoms with Crippen LogP contribution in [0.4, 0.5) is 13.2 Å². The van der Waals surface area contributed by atoms with Gasteiger partial charge in [-0.2, -0.15) is 28.4 Å². The predicted octanol–water partition coefficient (Wildman–Crippen LogP) is 3.48. The maximum atomic E-state index is 12.8. The van der Waals surface area contributed by atoms with Crippen LogP contribution in [0.25, 0.3) is 28.1 Å². The Kier molecular flexibility index (Phi) is 5.28. The Bertz CT molecular complexity index is 1520. The molecule has 0 saturated carbocycles. The number of pyridine rings is 2. The van der Waals surface area contributed by atoms with Crippen LogP contribution < -0.4 is 4.72 Å². The van der Waals surface area contributed by atoms with Crippen LogP contribution in [0.15, 0.2) is 53.6 Å². The molecule has 1 aliphatic carbocycles. The quantitative estimate of drug-likeness (QED) is 0.609. The number of alkyl halides is 3. The standard InChI is InChI=1S/C21H13F3N6O2S/c1-12(21(22,23)24)29-33(31,32)15-6-8-18(27-11-15)19-17(10-26)16-7-5-13(9-25)28-20(16)30(19)14-3-2-4-14/h2-8,11-12,29H,1H3. The van der Waals surface area contributed by atoms with Crippen LogP contribution in [0.1, 0.15) is 18.2 Å². The molecule has 0 aliphatic heterocycles. The first-order chi connectivity index (χ1) is 15.6. The van der Waals surface area contributed by atoms with E-state index in [-0.39, 0.29) is 17.0 Å². The summed E-state index contributed by atoms with van der Waals surface area (Å²) in [5.41, 5.74) is 1.86. The number of halogens is 3. The molecule has 8 nitrogen and oxygen atoms in total. The number of allylic oxidation sites excluding steroid dienone is 4. The number of nitrogens with zero attached hydrogens (tertiary/aromatic N) is 5. The highest BCUT2D eigenvalue weighted by atomic mass is 32.2. The van der Waals surface area contributed by atoms with Crippen molar-refractivity contribution < 1.29 is 21.6 Å². The van der Waals surface area contributed by atoms with Gasteiger partial charge in [-0.3, -0.25) is 9.55 Å². The molecular formula is C21H13F3N6O2S. The normalized spacial score (nSPS) is 14.3. The van der Waals surface area contributed by atoms with Gasteiger partial charge in [0.1, 0.15) is 34.4 Å². The van der Waals surface area contributed by atoms with Gasteiger partial charge in [-0.25, -0.2) is 13.4 Å². The number of nitriles is 2. The summed E-state index contributed by atoms with van der Waals surface area (Å²) in [6.45, 7) is 0.694. The fraction of sp³-hybridized carbons (Fsp3) is 0.143. The number of rotatable bonds is 5. The van der Waals surface area contributed by atoms with E-state index in [9.17, 15) is 32.1 Å². The number of aromatic nitrogens is 3. The minimum atomic E-state index is -4.75. The van der Waals surface area contributed by atoms with E-state index in [1.54, 1.807) is 33.6 Å². The molecule has 12 heteroatoms. The molecule has 166 valence electrons. The van der Waals surface area contributed by atoms with Crippen molar-refractivity contribution in [2.45, 2.75) is 24.0 Å². The average Bonchev–Trinajstić information content (AvgIpc) is 3.04. The minimum absolute atomic E-state index is 0.139. The van der Waals surface area contributed by atoms with Gasteiger partial charge in [0, 0.05) is 17.3 Å². The molecule has 3 aromatic rings. The highest BCUT2D eigenvalue weighted by molar-refractivity contribution is 7.89. The number of hydrogen-bond acceptors (Lipinski definition) is 6. The second kappa shape index (κ2) is 7.85. The molecule has 1 unspecified atom stereocenters. The Labute approximate surface area is 186 Å². The molecule has 3 heterocycles. The molecule has 1 atom stereocenters. The van der Waals surface area contributed by atoms with E-state index in [0.29, 0.717) is 29.3 Å². The van der Waals surface area contributed by atoms with Crippen molar-refractivity contribution in [1.29, 1.82) is 10.5 Å². The lowest BCUT2D eigenvalue weighted by molar-refractivity contribution is -0.147. The first-order valence-corrected chi connectivity index (χ1v) is 10.8. The van der Waals surface area contributed by atoms with Gasteiger partial charge < -0.3 is 0 Å². The second-order valence-electron chi connectivity index (χ2n) is 7.06. The number of fused-ring (bicyclic) bond motifs is 1. The van der Waals surface area contributed by atoms with Crippen molar-refractivity contribution in [1.82, 2.24) is 19.3 Å². The lowest BCUT2D eigenvalue weighted by atomic mass is 10.1. The van der Waals surface area contributed by atoms with Gasteiger partial charge in [-0.15, -0.1) is 0 Å². The summed E-state index contributed by atoms with van der Waals surface area (Å²) in [4.78, 5) is 7.95. The van der Waals surface area contributed by atoms with Crippen molar-refractivity contribution in [2.24, 2.45) is 0 Å². The van der Waals surface area contributed by atoms with E-state index in [0.717, 1.165) is 12.3 Å². The average molecular weight is 470 g/mol. The third-order valence-electron chi connectivity index (χ3n) is 4.95. The van der Waals surface area contributed by atoms with Crippen LogP contribution in [0, 0.1) is 22.7 Å². The Morgan fingerprint density at radius 2 is 1.88 bits per heavy atom. The SMILES string of the molecule is CC(NS(=O)(=O)c1ccc(-c2c(C#N)c3ccc(C#N)nc3n2C2=CC=C2)nc1)C(F)(F)F. The smallest absolute Gasteiger partial charge is 0.291 e. The molecule has 3 aromatic heterocycles. The number of sulfonamides is 1. The van der Waals surface area contributed by atoms with Gasteiger partial charge in [0.2, 0.25) is 10.0 Å². The molecule has 4 rings (SSSR count). The van der Waals surface area contributed by atoms with Crippen LogP contribution in [0.5, 0.6) is 0 Å². The number of hydrogen-bond donors (Lipinski definition) is 1. The molecule has 0 fully saturated rings. The van der Waals surface area contributed by atoms with Gasteiger partial charge in [0.25, 0.3) is 0 Å². The molecule has 0 spiro atoms. The maximum Gasteiger partial charge on any atom is 0.404 e. The van der Waals surface area contributed by atoms with Crippen molar-refractivity contribution >= 4 is 26.8 Å². The van der Waals surface area contributed by atoms with E-state index in [4.69, 9.17) is 0 Å². The lowest BCUT2D eigenvalue weighted by Gasteiger charge is -2.17. The summed E-state index contributed by atoms with van der Waals surface area (Å²) in [7, 11) is -4.49. The van der Waals surface area contributed by atoms with Gasteiger partial charge in [-0.1, -0.05) is 6.08 Å². The Hall–Kier alpha value is -4.00. The molecule has 0 amide bonds. The number of nitrogens with one attached hydrogen (secondary N) is 1.